The Balaban J connectivity index is 2.07. The maximum absolute atomic E-state index is 11.4. The minimum Gasteiger partial charge on any atom is -0.480 e. The quantitative estimate of drug-likeness (QED) is 0.725. The van der Waals surface area contributed by atoms with Gasteiger partial charge in [-0.05, 0) is 12.8 Å². The van der Waals surface area contributed by atoms with Crippen LogP contribution < -0.4 is 0 Å². The first-order valence-corrected chi connectivity index (χ1v) is 7.56. The number of hydrogen-bond donors (Lipinski definition) is 1. The fraction of sp³-hybridized carbons (Fsp3) is 0.900. The molecule has 2 atom stereocenters. The maximum atomic E-state index is 11.4. The van der Waals surface area contributed by atoms with E-state index in [4.69, 9.17) is 9.84 Å². The molecular formula is C10H17NO5S. The Morgan fingerprint density at radius 3 is 2.59 bits per heavy atom. The van der Waals surface area contributed by atoms with Gasteiger partial charge < -0.3 is 9.84 Å². The maximum Gasteiger partial charge on any atom is 0.317 e. The lowest BCUT2D eigenvalue weighted by Gasteiger charge is -2.31. The lowest BCUT2D eigenvalue weighted by molar-refractivity contribution is -0.139. The third-order valence-corrected chi connectivity index (χ3v) is 5.12. The molecule has 17 heavy (non-hydrogen) atoms. The molecule has 2 aliphatic heterocycles. The van der Waals surface area contributed by atoms with Gasteiger partial charge in [0.05, 0.1) is 24.7 Å². The second-order valence-electron chi connectivity index (χ2n) is 4.64. The lowest BCUT2D eigenvalue weighted by Crippen LogP contribution is -2.47. The molecule has 0 amide bonds. The van der Waals surface area contributed by atoms with Crippen molar-refractivity contribution in [3.05, 3.63) is 0 Å². The van der Waals surface area contributed by atoms with Crippen LogP contribution in [0.1, 0.15) is 12.8 Å². The highest BCUT2D eigenvalue weighted by molar-refractivity contribution is 7.91. The SMILES string of the molecule is O=C(O)CN(C1CCOC1)C1CCS(=O)(=O)C1. The van der Waals surface area contributed by atoms with Crippen molar-refractivity contribution in [3.63, 3.8) is 0 Å². The van der Waals surface area contributed by atoms with Crippen LogP contribution in [-0.2, 0) is 19.4 Å². The van der Waals surface area contributed by atoms with Gasteiger partial charge in [-0.3, -0.25) is 9.69 Å². The first-order valence-electron chi connectivity index (χ1n) is 5.73. The van der Waals surface area contributed by atoms with Crippen molar-refractivity contribution in [3.8, 4) is 0 Å². The van der Waals surface area contributed by atoms with Crippen LogP contribution in [0.2, 0.25) is 0 Å². The van der Waals surface area contributed by atoms with Crippen molar-refractivity contribution in [2.75, 3.05) is 31.3 Å². The van der Waals surface area contributed by atoms with Gasteiger partial charge in [0.15, 0.2) is 9.84 Å². The fourth-order valence-electron chi connectivity index (χ4n) is 2.53. The Bertz CT molecular complexity index is 388. The molecule has 0 spiro atoms. The van der Waals surface area contributed by atoms with Gasteiger partial charge in [0.1, 0.15) is 0 Å². The molecule has 2 aliphatic rings. The Labute approximate surface area is 100 Å². The molecule has 0 radical (unpaired) electrons. The number of rotatable bonds is 4. The average Bonchev–Trinajstić information content (AvgIpc) is 2.83. The molecular weight excluding hydrogens is 246 g/mol. The summed E-state index contributed by atoms with van der Waals surface area (Å²) in [4.78, 5) is 12.6. The predicted octanol–water partition coefficient (Wildman–Crippen LogP) is -0.651. The van der Waals surface area contributed by atoms with Gasteiger partial charge in [-0.15, -0.1) is 0 Å². The van der Waals surface area contributed by atoms with Crippen molar-refractivity contribution in [2.24, 2.45) is 0 Å². The van der Waals surface area contributed by atoms with Gasteiger partial charge in [-0.25, -0.2) is 8.42 Å². The highest BCUT2D eigenvalue weighted by atomic mass is 32.2. The molecule has 98 valence electrons. The van der Waals surface area contributed by atoms with Crippen LogP contribution in [0.25, 0.3) is 0 Å². The summed E-state index contributed by atoms with van der Waals surface area (Å²) < 4.78 is 28.1. The number of ether oxygens (including phenoxy) is 1. The highest BCUT2D eigenvalue weighted by Crippen LogP contribution is 2.23. The largest absolute Gasteiger partial charge is 0.480 e. The monoisotopic (exact) mass is 263 g/mol. The van der Waals surface area contributed by atoms with Crippen LogP contribution in [0, 0.1) is 0 Å². The minimum absolute atomic E-state index is 0.0457. The van der Waals surface area contributed by atoms with Crippen LogP contribution in [0.3, 0.4) is 0 Å². The van der Waals surface area contributed by atoms with E-state index < -0.39 is 15.8 Å². The van der Waals surface area contributed by atoms with Crippen molar-refractivity contribution in [1.82, 2.24) is 4.90 Å². The Kier molecular flexibility index (Phi) is 3.70. The third kappa shape index (κ3) is 3.17. The standard InChI is InChI=1S/C10H17NO5S/c12-10(13)5-11(8-1-3-16-6-8)9-2-4-17(14,15)7-9/h8-9H,1-7H2,(H,12,13). The van der Waals surface area contributed by atoms with Crippen molar-refractivity contribution >= 4 is 15.8 Å². The van der Waals surface area contributed by atoms with Crippen LogP contribution in [0.5, 0.6) is 0 Å². The van der Waals surface area contributed by atoms with Gasteiger partial charge in [-0.1, -0.05) is 0 Å². The molecule has 1 N–H and O–H groups in total. The van der Waals surface area contributed by atoms with E-state index in [1.54, 1.807) is 4.90 Å². The van der Waals surface area contributed by atoms with Crippen molar-refractivity contribution in [2.45, 2.75) is 24.9 Å². The molecule has 0 aromatic carbocycles. The van der Waals surface area contributed by atoms with E-state index >= 15 is 0 Å². The summed E-state index contributed by atoms with van der Waals surface area (Å²) in [6.45, 7) is 1.03. The lowest BCUT2D eigenvalue weighted by atomic mass is 10.1. The zero-order valence-corrected chi connectivity index (χ0v) is 10.4. The second-order valence-corrected chi connectivity index (χ2v) is 6.87. The first kappa shape index (κ1) is 12.8. The summed E-state index contributed by atoms with van der Waals surface area (Å²) in [5.74, 6) is -0.667. The summed E-state index contributed by atoms with van der Waals surface area (Å²) in [7, 11) is -2.98. The molecule has 0 saturated carbocycles. The van der Waals surface area contributed by atoms with Gasteiger partial charge in [-0.2, -0.15) is 0 Å². The molecule has 2 fully saturated rings. The Morgan fingerprint density at radius 2 is 2.12 bits per heavy atom. The van der Waals surface area contributed by atoms with Gasteiger partial charge in [0.25, 0.3) is 0 Å². The average molecular weight is 263 g/mol. The molecule has 7 heteroatoms. The van der Waals surface area contributed by atoms with Gasteiger partial charge >= 0.3 is 5.97 Å². The van der Waals surface area contributed by atoms with E-state index in [0.717, 1.165) is 6.42 Å². The molecule has 0 aromatic heterocycles. The van der Waals surface area contributed by atoms with E-state index in [2.05, 4.69) is 0 Å². The summed E-state index contributed by atoms with van der Waals surface area (Å²) in [5.41, 5.74) is 0. The van der Waals surface area contributed by atoms with Crippen LogP contribution in [0.4, 0.5) is 0 Å². The van der Waals surface area contributed by atoms with Gasteiger partial charge in [0.2, 0.25) is 0 Å². The van der Waals surface area contributed by atoms with E-state index in [0.29, 0.717) is 19.6 Å². The second kappa shape index (κ2) is 4.91. The predicted molar refractivity (Wildman–Crippen MR) is 60.6 cm³/mol. The zero-order valence-electron chi connectivity index (χ0n) is 9.54. The van der Waals surface area contributed by atoms with Crippen molar-refractivity contribution in [1.29, 1.82) is 0 Å². The number of carboxylic acids is 1. The van der Waals surface area contributed by atoms with Crippen molar-refractivity contribution < 1.29 is 23.1 Å². The Morgan fingerprint density at radius 1 is 1.35 bits per heavy atom. The summed E-state index contributed by atoms with van der Waals surface area (Å²) >= 11 is 0. The number of sulfone groups is 1. The minimum atomic E-state index is -2.98. The van der Waals surface area contributed by atoms with E-state index in [1.807, 2.05) is 0 Å². The van der Waals surface area contributed by atoms with E-state index in [-0.39, 0.29) is 30.1 Å². The molecule has 0 bridgehead atoms. The number of carbonyl (C=O) groups is 1. The highest BCUT2D eigenvalue weighted by Gasteiger charge is 2.37. The molecule has 2 heterocycles. The topological polar surface area (TPSA) is 83.9 Å². The molecule has 0 aliphatic carbocycles. The Hall–Kier alpha value is -0.660. The smallest absolute Gasteiger partial charge is 0.317 e. The summed E-state index contributed by atoms with van der Waals surface area (Å²) in [5, 5.41) is 8.90. The third-order valence-electron chi connectivity index (χ3n) is 3.37. The first-order chi connectivity index (χ1) is 7.98. The summed E-state index contributed by atoms with van der Waals surface area (Å²) in [6, 6.07) is -0.118. The number of carboxylic acid groups (broad SMARTS) is 1. The summed E-state index contributed by atoms with van der Waals surface area (Å²) in [6.07, 6.45) is 1.32. The fourth-order valence-corrected chi connectivity index (χ4v) is 4.28. The number of aliphatic carboxylic acids is 1. The van der Waals surface area contributed by atoms with Crippen LogP contribution in [-0.4, -0.2) is 67.7 Å². The number of hydrogen-bond acceptors (Lipinski definition) is 5. The van der Waals surface area contributed by atoms with Crippen LogP contribution in [0.15, 0.2) is 0 Å². The van der Waals surface area contributed by atoms with Gasteiger partial charge in [0, 0.05) is 18.7 Å². The number of nitrogens with zero attached hydrogens (tertiary/aromatic N) is 1. The zero-order chi connectivity index (χ0) is 12.5. The normalized spacial score (nSPS) is 32.1. The van der Waals surface area contributed by atoms with E-state index in [1.165, 1.54) is 0 Å². The molecule has 2 saturated heterocycles. The van der Waals surface area contributed by atoms with Crippen LogP contribution >= 0.6 is 0 Å². The molecule has 0 aromatic rings. The molecule has 6 nitrogen and oxygen atoms in total. The molecule has 2 rings (SSSR count). The molecule has 2 unspecified atom stereocenters. The van der Waals surface area contributed by atoms with E-state index in [9.17, 15) is 13.2 Å².